The molecule has 11 nitrogen and oxygen atoms in total. The number of carbonyl (C=O) groups is 2. The van der Waals surface area contributed by atoms with Crippen molar-refractivity contribution in [1.82, 2.24) is 0 Å². The zero-order valence-electron chi connectivity index (χ0n) is 35.7. The van der Waals surface area contributed by atoms with Gasteiger partial charge in [-0.1, -0.05) is 131 Å². The van der Waals surface area contributed by atoms with Crippen LogP contribution in [-0.2, 0) is 32.7 Å². The predicted octanol–water partition coefficient (Wildman–Crippen LogP) is 10.6. The average Bonchev–Trinajstić information content (AvgIpc) is 3.21. The van der Waals surface area contributed by atoms with E-state index in [4.69, 9.17) is 24.2 Å². The predicted molar refractivity (Wildman–Crippen MR) is 234 cm³/mol. The van der Waals surface area contributed by atoms with Crippen molar-refractivity contribution < 1.29 is 52.9 Å². The second-order valence-electron chi connectivity index (χ2n) is 14.4. The lowest BCUT2D eigenvalue weighted by atomic mass is 10.1. The molecule has 0 spiro atoms. The molecule has 0 saturated heterocycles. The molecule has 0 rings (SSSR count). The second-order valence-corrected chi connectivity index (χ2v) is 15.9. The summed E-state index contributed by atoms with van der Waals surface area (Å²) in [5, 5.41) is 27.1. The van der Waals surface area contributed by atoms with Crippen molar-refractivity contribution in [2.75, 3.05) is 33.0 Å². The molecular formula is C46H79O11P. The molecule has 0 aliphatic heterocycles. The first-order chi connectivity index (χ1) is 28.2. The fourth-order valence-electron chi connectivity index (χ4n) is 5.46. The summed E-state index contributed by atoms with van der Waals surface area (Å²) in [7, 11) is -4.64. The molecule has 0 aromatic carbocycles. The summed E-state index contributed by atoms with van der Waals surface area (Å²) in [6.07, 6.45) is 45.9. The third kappa shape index (κ3) is 41.5. The summed E-state index contributed by atoms with van der Waals surface area (Å²) < 4.78 is 32.6. The zero-order valence-corrected chi connectivity index (χ0v) is 36.6. The van der Waals surface area contributed by atoms with Crippen LogP contribution in [0.4, 0.5) is 0 Å². The summed E-state index contributed by atoms with van der Waals surface area (Å²) in [6, 6.07) is 0. The Labute approximate surface area is 351 Å². The van der Waals surface area contributed by atoms with E-state index in [1.807, 2.05) is 12.2 Å². The van der Waals surface area contributed by atoms with Gasteiger partial charge < -0.3 is 29.7 Å². The van der Waals surface area contributed by atoms with E-state index < -0.39 is 51.8 Å². The molecule has 0 amide bonds. The molecule has 0 aromatic heterocycles. The number of carbonyl (C=O) groups excluding carboxylic acids is 2. The monoisotopic (exact) mass is 839 g/mol. The van der Waals surface area contributed by atoms with E-state index >= 15 is 0 Å². The molecule has 0 fully saturated rings. The quantitative estimate of drug-likeness (QED) is 0.0200. The first-order valence-corrected chi connectivity index (χ1v) is 23.5. The summed E-state index contributed by atoms with van der Waals surface area (Å²) in [5.41, 5.74) is 0. The summed E-state index contributed by atoms with van der Waals surface area (Å²) in [5.74, 6) is -1.02. The van der Waals surface area contributed by atoms with Gasteiger partial charge in [-0.25, -0.2) is 4.57 Å². The molecule has 334 valence electrons. The minimum Gasteiger partial charge on any atom is -0.462 e. The van der Waals surface area contributed by atoms with Crippen LogP contribution in [0.5, 0.6) is 0 Å². The summed E-state index contributed by atoms with van der Waals surface area (Å²) in [4.78, 5) is 35.0. The van der Waals surface area contributed by atoms with Crippen LogP contribution in [0.3, 0.4) is 0 Å². The number of phosphoric ester groups is 1. The molecule has 12 heteroatoms. The molecule has 0 aromatic rings. The molecule has 0 radical (unpaired) electrons. The van der Waals surface area contributed by atoms with Crippen molar-refractivity contribution in [2.45, 2.75) is 173 Å². The Bertz CT molecular complexity index is 1190. The third-order valence-electron chi connectivity index (χ3n) is 8.89. The highest BCUT2D eigenvalue weighted by Crippen LogP contribution is 2.43. The van der Waals surface area contributed by atoms with E-state index in [2.05, 4.69) is 72.2 Å². The van der Waals surface area contributed by atoms with Gasteiger partial charge in [0.2, 0.25) is 0 Å². The largest absolute Gasteiger partial charge is 0.472 e. The van der Waals surface area contributed by atoms with Crippen molar-refractivity contribution >= 4 is 19.8 Å². The number of allylic oxidation sites excluding steroid dienone is 12. The van der Waals surface area contributed by atoms with Crippen molar-refractivity contribution in [3.8, 4) is 0 Å². The number of rotatable bonds is 41. The number of unbranched alkanes of at least 4 members (excludes halogenated alkanes) is 14. The molecule has 3 atom stereocenters. The maximum atomic E-state index is 12.6. The van der Waals surface area contributed by atoms with Gasteiger partial charge in [0.1, 0.15) is 12.7 Å². The van der Waals surface area contributed by atoms with Crippen LogP contribution >= 0.6 is 7.82 Å². The highest BCUT2D eigenvalue weighted by Gasteiger charge is 2.27. The first-order valence-electron chi connectivity index (χ1n) is 22.0. The van der Waals surface area contributed by atoms with Crippen LogP contribution in [0.25, 0.3) is 0 Å². The van der Waals surface area contributed by atoms with Crippen LogP contribution in [0.15, 0.2) is 72.9 Å². The zero-order chi connectivity index (χ0) is 42.6. The highest BCUT2D eigenvalue weighted by atomic mass is 31.2. The SMILES string of the molecule is CCCCC/C=C\C/C=C\CCCCCCCCCC(=O)O[C@H](COC(=O)CCC/C=C\C/C=C\C/C=C\C/C=C\CCCCCO)COP(=O)(O)OC[C@@H](O)CO. The topological polar surface area (TPSA) is 169 Å². The molecule has 0 heterocycles. The van der Waals surface area contributed by atoms with Crippen LogP contribution in [0.1, 0.15) is 161 Å². The number of ether oxygens (including phenoxy) is 2. The summed E-state index contributed by atoms with van der Waals surface area (Å²) in [6.45, 7) is 0.274. The fourth-order valence-corrected chi connectivity index (χ4v) is 6.25. The number of hydrogen-bond donors (Lipinski definition) is 4. The lowest BCUT2D eigenvalue weighted by Crippen LogP contribution is -2.29. The van der Waals surface area contributed by atoms with Crippen molar-refractivity contribution in [1.29, 1.82) is 0 Å². The molecule has 4 N–H and O–H groups in total. The lowest BCUT2D eigenvalue weighted by molar-refractivity contribution is -0.161. The van der Waals surface area contributed by atoms with Gasteiger partial charge in [0, 0.05) is 19.4 Å². The molecule has 1 unspecified atom stereocenters. The van der Waals surface area contributed by atoms with Crippen molar-refractivity contribution in [2.24, 2.45) is 0 Å². The van der Waals surface area contributed by atoms with Gasteiger partial charge in [-0.3, -0.25) is 18.6 Å². The van der Waals surface area contributed by atoms with Crippen LogP contribution in [-0.4, -0.2) is 77.4 Å². The average molecular weight is 839 g/mol. The molecule has 0 bridgehead atoms. The van der Waals surface area contributed by atoms with Gasteiger partial charge >= 0.3 is 19.8 Å². The standard InChI is InChI=1S/C46H79O11P/c1-2-3-4-5-6-7-8-9-10-12-16-19-22-25-28-31-34-37-46(51)57-44(42-56-58(52,53)55-40-43(49)39-48)41-54-45(50)36-33-30-27-24-21-18-15-13-11-14-17-20-23-26-29-32-35-38-47/h6-7,9-11,14-15,18,20,23-24,27,43-44,47-49H,2-5,8,12-13,16-17,19,21-22,25-26,28-42H2,1H3,(H,52,53)/b7-6-,10-9-,14-11-,18-15-,23-20-,27-24-/t43-,44+/m0/s1. The molecule has 0 aliphatic rings. The number of esters is 2. The molecular weight excluding hydrogens is 759 g/mol. The molecule has 0 aliphatic carbocycles. The van der Waals surface area contributed by atoms with Gasteiger partial charge in [-0.15, -0.1) is 0 Å². The van der Waals surface area contributed by atoms with Crippen LogP contribution in [0, 0.1) is 0 Å². The smallest absolute Gasteiger partial charge is 0.462 e. The first kappa shape index (κ1) is 55.4. The van der Waals surface area contributed by atoms with Gasteiger partial charge in [0.05, 0.1) is 19.8 Å². The Balaban J connectivity index is 4.40. The van der Waals surface area contributed by atoms with E-state index in [0.717, 1.165) is 83.5 Å². The maximum Gasteiger partial charge on any atom is 0.472 e. The van der Waals surface area contributed by atoms with Gasteiger partial charge in [-0.05, 0) is 89.9 Å². The van der Waals surface area contributed by atoms with E-state index in [-0.39, 0.29) is 26.1 Å². The van der Waals surface area contributed by atoms with E-state index in [1.165, 1.54) is 38.5 Å². The number of phosphoric acid groups is 1. The number of aliphatic hydroxyl groups is 3. The van der Waals surface area contributed by atoms with Gasteiger partial charge in [0.25, 0.3) is 0 Å². The van der Waals surface area contributed by atoms with Crippen molar-refractivity contribution in [3.05, 3.63) is 72.9 Å². The lowest BCUT2D eigenvalue weighted by Gasteiger charge is -2.20. The minimum absolute atomic E-state index is 0.151. The van der Waals surface area contributed by atoms with E-state index in [9.17, 15) is 24.2 Å². The molecule has 58 heavy (non-hydrogen) atoms. The van der Waals surface area contributed by atoms with Crippen LogP contribution < -0.4 is 0 Å². The number of aliphatic hydroxyl groups excluding tert-OH is 3. The Morgan fingerprint density at radius 1 is 0.534 bits per heavy atom. The van der Waals surface area contributed by atoms with E-state index in [0.29, 0.717) is 19.3 Å². The Morgan fingerprint density at radius 2 is 0.966 bits per heavy atom. The fraction of sp³-hybridized carbons (Fsp3) is 0.696. The Hall–Kier alpha value is -2.63. The van der Waals surface area contributed by atoms with E-state index in [1.54, 1.807) is 0 Å². The van der Waals surface area contributed by atoms with Crippen molar-refractivity contribution in [3.63, 3.8) is 0 Å². The normalized spacial score (nSPS) is 14.5. The third-order valence-corrected chi connectivity index (χ3v) is 9.84. The highest BCUT2D eigenvalue weighted by molar-refractivity contribution is 7.47. The Morgan fingerprint density at radius 3 is 1.48 bits per heavy atom. The maximum absolute atomic E-state index is 12.6. The number of hydrogen-bond acceptors (Lipinski definition) is 10. The molecule has 0 saturated carbocycles. The van der Waals surface area contributed by atoms with Gasteiger partial charge in [0.15, 0.2) is 6.10 Å². The summed E-state index contributed by atoms with van der Waals surface area (Å²) >= 11 is 0. The minimum atomic E-state index is -4.64. The van der Waals surface area contributed by atoms with Gasteiger partial charge in [-0.2, -0.15) is 0 Å². The second kappa shape index (κ2) is 42.5. The Kier molecular flexibility index (Phi) is 40.6. The van der Waals surface area contributed by atoms with Crippen LogP contribution in [0.2, 0.25) is 0 Å².